The molecule has 1 saturated carbocycles. The number of amides is 2. The van der Waals surface area contributed by atoms with E-state index in [2.05, 4.69) is 33.9 Å². The van der Waals surface area contributed by atoms with Crippen molar-refractivity contribution in [2.75, 3.05) is 0 Å². The van der Waals surface area contributed by atoms with E-state index in [1.165, 1.54) is 6.26 Å². The van der Waals surface area contributed by atoms with Crippen molar-refractivity contribution in [3.05, 3.63) is 11.8 Å². The van der Waals surface area contributed by atoms with Crippen LogP contribution in [0.25, 0.3) is 0 Å². The highest BCUT2D eigenvalue weighted by molar-refractivity contribution is 6.74. The van der Waals surface area contributed by atoms with E-state index in [0.717, 1.165) is 12.0 Å². The molecular formula is C26H50N2O5Si. The Bertz CT molecular complexity index is 709. The Hall–Kier alpha value is -1.54. The molecule has 198 valence electrons. The van der Waals surface area contributed by atoms with Crippen molar-refractivity contribution >= 4 is 20.5 Å². The number of hydrogen-bond donors (Lipinski definition) is 0. The lowest BCUT2D eigenvalue weighted by Gasteiger charge is -2.39. The number of nitrogens with zero attached hydrogens (tertiary/aromatic N) is 2. The van der Waals surface area contributed by atoms with E-state index in [4.69, 9.17) is 13.9 Å². The summed E-state index contributed by atoms with van der Waals surface area (Å²) in [6, 6.07) is 0.0502. The van der Waals surface area contributed by atoms with Gasteiger partial charge in [-0.15, -0.1) is 0 Å². The summed E-state index contributed by atoms with van der Waals surface area (Å²) in [6.45, 7) is 26.7. The predicted octanol–water partition coefficient (Wildman–Crippen LogP) is 6.93. The zero-order valence-electron chi connectivity index (χ0n) is 23.9. The van der Waals surface area contributed by atoms with Crippen LogP contribution in [0.5, 0.6) is 0 Å². The quantitative estimate of drug-likeness (QED) is 0.268. The average molecular weight is 499 g/mol. The van der Waals surface area contributed by atoms with Crippen molar-refractivity contribution in [1.29, 1.82) is 0 Å². The number of carbonyl (C=O) groups excluding carboxylic acids is 2. The molecule has 7 nitrogen and oxygen atoms in total. The Morgan fingerprint density at radius 2 is 1.24 bits per heavy atom. The van der Waals surface area contributed by atoms with E-state index in [9.17, 15) is 9.59 Å². The number of hydrogen-bond acceptors (Lipinski definition) is 5. The molecule has 1 unspecified atom stereocenters. The highest BCUT2D eigenvalue weighted by Crippen LogP contribution is 2.41. The molecule has 0 saturated heterocycles. The monoisotopic (exact) mass is 498 g/mol. The van der Waals surface area contributed by atoms with Crippen LogP contribution in [-0.2, 0) is 13.9 Å². The van der Waals surface area contributed by atoms with Crippen LogP contribution in [-0.4, -0.2) is 66.7 Å². The molecule has 0 aromatic rings. The molecule has 34 heavy (non-hydrogen) atoms. The van der Waals surface area contributed by atoms with Crippen molar-refractivity contribution in [3.8, 4) is 0 Å². The fraction of sp³-hybridized carbons (Fsp3) is 0.846. The third-order valence-corrected chi connectivity index (χ3v) is 11.3. The number of ether oxygens (including phenoxy) is 2. The Morgan fingerprint density at radius 3 is 1.65 bits per heavy atom. The second kappa shape index (κ2) is 11.9. The van der Waals surface area contributed by atoms with Crippen molar-refractivity contribution in [2.45, 2.75) is 144 Å². The predicted molar refractivity (Wildman–Crippen MR) is 140 cm³/mol. The summed E-state index contributed by atoms with van der Waals surface area (Å²) < 4.78 is 18.3. The topological polar surface area (TPSA) is 68.3 Å². The summed E-state index contributed by atoms with van der Waals surface area (Å²) >= 11 is 0. The zero-order chi connectivity index (χ0) is 26.6. The zero-order valence-corrected chi connectivity index (χ0v) is 24.9. The molecule has 0 aromatic heterocycles. The molecule has 0 spiro atoms. The molecule has 1 fully saturated rings. The Labute approximate surface area is 209 Å². The van der Waals surface area contributed by atoms with Crippen LogP contribution < -0.4 is 0 Å². The first-order chi connectivity index (χ1) is 15.4. The van der Waals surface area contributed by atoms with Gasteiger partial charge in [0.05, 0.1) is 6.10 Å². The van der Waals surface area contributed by atoms with E-state index < -0.39 is 20.5 Å². The number of carbonyl (C=O) groups is 2. The average Bonchev–Trinajstić information content (AvgIpc) is 2.98. The maximum absolute atomic E-state index is 13.0. The Balaban J connectivity index is 3.24. The van der Waals surface area contributed by atoms with Crippen LogP contribution in [0.2, 0.25) is 18.1 Å². The van der Waals surface area contributed by atoms with E-state index in [0.29, 0.717) is 6.42 Å². The first-order valence-corrected chi connectivity index (χ1v) is 15.7. The first kappa shape index (κ1) is 30.5. The second-order valence-electron chi connectivity index (χ2n) is 12.0. The number of rotatable bonds is 8. The summed E-state index contributed by atoms with van der Waals surface area (Å²) in [6.07, 6.45) is 1.34. The fourth-order valence-corrected chi connectivity index (χ4v) is 5.50. The summed E-state index contributed by atoms with van der Waals surface area (Å²) in [7, 11) is -2.10. The van der Waals surface area contributed by atoms with Gasteiger partial charge in [0.1, 0.15) is 12.4 Å². The second-order valence-corrected chi connectivity index (χ2v) is 16.8. The summed E-state index contributed by atoms with van der Waals surface area (Å²) in [5.74, 6) is 0. The van der Waals surface area contributed by atoms with Crippen LogP contribution in [0, 0.1) is 0 Å². The van der Waals surface area contributed by atoms with Gasteiger partial charge in [-0.05, 0) is 86.4 Å². The lowest BCUT2D eigenvalue weighted by atomic mass is 10.2. The van der Waals surface area contributed by atoms with E-state index in [-0.39, 0.29) is 41.4 Å². The van der Waals surface area contributed by atoms with Gasteiger partial charge < -0.3 is 23.7 Å². The van der Waals surface area contributed by atoms with Crippen LogP contribution in [0.4, 0.5) is 9.59 Å². The van der Waals surface area contributed by atoms with Gasteiger partial charge in [-0.1, -0.05) is 20.8 Å². The molecular weight excluding hydrogens is 448 g/mol. The van der Waals surface area contributed by atoms with Crippen LogP contribution in [0.15, 0.2) is 11.8 Å². The van der Waals surface area contributed by atoms with E-state index in [1.54, 1.807) is 9.80 Å². The molecule has 2 amide bonds. The van der Waals surface area contributed by atoms with Gasteiger partial charge in [0.25, 0.3) is 0 Å². The highest BCUT2D eigenvalue weighted by atomic mass is 28.4. The molecule has 1 aliphatic carbocycles. The molecule has 0 N–H and O–H groups in total. The molecule has 0 aromatic carbocycles. The molecule has 1 rings (SSSR count). The minimum Gasteiger partial charge on any atom is -0.441 e. The molecule has 0 aliphatic heterocycles. The standard InChI is InChI=1S/C26H50N2O5Si/c1-17(2)27(18(3)4)24(29)31-16-21-22(32-25(30)28(19(5)6)20(7)8)14-15-23(21)33-34(12,13)26(9,10)11/h16-20,22-23H,14-15H2,1-13H3/t22-,23?/m1/s1. The SMILES string of the molecule is CC(C)N(C(=O)OC=C1C(O[Si](C)(C)C(C)(C)C)CC[C@H]1OC(=O)N(C(C)C)C(C)C)C(C)C. The van der Waals surface area contributed by atoms with E-state index >= 15 is 0 Å². The van der Waals surface area contributed by atoms with Gasteiger partial charge in [-0.2, -0.15) is 0 Å². The van der Waals surface area contributed by atoms with Crippen molar-refractivity contribution in [2.24, 2.45) is 0 Å². The largest absolute Gasteiger partial charge is 0.441 e. The van der Waals surface area contributed by atoms with Crippen molar-refractivity contribution in [1.82, 2.24) is 9.80 Å². The molecule has 0 radical (unpaired) electrons. The van der Waals surface area contributed by atoms with Gasteiger partial charge >= 0.3 is 12.2 Å². The van der Waals surface area contributed by atoms with Gasteiger partial charge in [0.15, 0.2) is 8.32 Å². The Morgan fingerprint density at radius 1 is 0.824 bits per heavy atom. The third-order valence-electron chi connectivity index (χ3n) is 6.86. The fourth-order valence-electron chi connectivity index (χ4n) is 4.18. The minimum absolute atomic E-state index is 0.00743. The van der Waals surface area contributed by atoms with Gasteiger partial charge in [0.2, 0.25) is 0 Å². The van der Waals surface area contributed by atoms with Crippen LogP contribution in [0.3, 0.4) is 0 Å². The first-order valence-electron chi connectivity index (χ1n) is 12.8. The summed E-state index contributed by atoms with van der Waals surface area (Å²) in [5.41, 5.74) is 0.728. The summed E-state index contributed by atoms with van der Waals surface area (Å²) in [5, 5.41) is 0.0295. The minimum atomic E-state index is -2.10. The summed E-state index contributed by atoms with van der Waals surface area (Å²) in [4.78, 5) is 29.3. The highest BCUT2D eigenvalue weighted by Gasteiger charge is 2.44. The smallest absolute Gasteiger partial charge is 0.415 e. The normalized spacial score (nSPS) is 20.6. The molecule has 1 aliphatic rings. The van der Waals surface area contributed by atoms with Crippen molar-refractivity contribution < 1.29 is 23.5 Å². The molecule has 2 atom stereocenters. The van der Waals surface area contributed by atoms with Crippen LogP contribution in [0.1, 0.15) is 89.0 Å². The van der Waals surface area contributed by atoms with Crippen molar-refractivity contribution in [3.63, 3.8) is 0 Å². The molecule has 0 bridgehead atoms. The third kappa shape index (κ3) is 7.73. The molecule has 0 heterocycles. The van der Waals surface area contributed by atoms with E-state index in [1.807, 2.05) is 55.4 Å². The lowest BCUT2D eigenvalue weighted by Crippen LogP contribution is -2.45. The lowest BCUT2D eigenvalue weighted by molar-refractivity contribution is 0.0566. The maximum atomic E-state index is 13.0. The Kier molecular flexibility index (Phi) is 10.7. The molecule has 8 heteroatoms. The van der Waals surface area contributed by atoms with Gasteiger partial charge in [-0.3, -0.25) is 0 Å². The van der Waals surface area contributed by atoms with Gasteiger partial charge in [-0.25, -0.2) is 9.59 Å². The maximum Gasteiger partial charge on any atom is 0.415 e. The van der Waals surface area contributed by atoms with Crippen LogP contribution >= 0.6 is 0 Å². The van der Waals surface area contributed by atoms with Gasteiger partial charge in [0, 0.05) is 29.7 Å².